The highest BCUT2D eigenvalue weighted by Crippen LogP contribution is 1.91. The van der Waals surface area contributed by atoms with E-state index in [9.17, 15) is 9.18 Å². The van der Waals surface area contributed by atoms with Gasteiger partial charge in [-0.1, -0.05) is 6.58 Å². The number of hydrogen-bond acceptors (Lipinski definition) is 2. The van der Waals surface area contributed by atoms with Crippen molar-refractivity contribution < 1.29 is 13.9 Å². The summed E-state index contributed by atoms with van der Waals surface area (Å²) in [5, 5.41) is 0. The molecule has 0 radical (unpaired) electrons. The van der Waals surface area contributed by atoms with Crippen LogP contribution in [0.15, 0.2) is 12.8 Å². The van der Waals surface area contributed by atoms with Gasteiger partial charge in [-0.3, -0.25) is 0 Å². The topological polar surface area (TPSA) is 26.3 Å². The SMILES string of the molecule is C=COC(=O)C(C)F. The summed E-state index contributed by atoms with van der Waals surface area (Å²) in [6, 6.07) is 0. The van der Waals surface area contributed by atoms with Gasteiger partial charge in [0.25, 0.3) is 0 Å². The zero-order valence-electron chi connectivity index (χ0n) is 4.56. The van der Waals surface area contributed by atoms with Crippen LogP contribution in [0.1, 0.15) is 6.92 Å². The average molecular weight is 118 g/mol. The summed E-state index contributed by atoms with van der Waals surface area (Å²) in [6.45, 7) is 4.18. The van der Waals surface area contributed by atoms with Crippen molar-refractivity contribution in [2.24, 2.45) is 0 Å². The summed E-state index contributed by atoms with van der Waals surface area (Å²) in [5.41, 5.74) is 0. The normalized spacial score (nSPS) is 12.2. The van der Waals surface area contributed by atoms with Gasteiger partial charge in [0.1, 0.15) is 0 Å². The van der Waals surface area contributed by atoms with Crippen LogP contribution in [0.2, 0.25) is 0 Å². The number of alkyl halides is 1. The molecule has 0 rings (SSSR count). The van der Waals surface area contributed by atoms with Crippen LogP contribution in [-0.4, -0.2) is 12.1 Å². The molecule has 0 aromatic heterocycles. The number of esters is 1. The second kappa shape index (κ2) is 3.18. The van der Waals surface area contributed by atoms with Crippen LogP contribution >= 0.6 is 0 Å². The van der Waals surface area contributed by atoms with Gasteiger partial charge in [0.2, 0.25) is 0 Å². The third-order valence-electron chi connectivity index (χ3n) is 0.524. The van der Waals surface area contributed by atoms with Crippen molar-refractivity contribution in [1.82, 2.24) is 0 Å². The maximum Gasteiger partial charge on any atom is 0.345 e. The predicted molar refractivity (Wildman–Crippen MR) is 26.9 cm³/mol. The molecule has 0 aliphatic heterocycles. The summed E-state index contributed by atoms with van der Waals surface area (Å²) < 4.78 is 15.8. The zero-order chi connectivity index (χ0) is 6.57. The molecular weight excluding hydrogens is 111 g/mol. The number of halogens is 1. The maximum absolute atomic E-state index is 11.8. The Labute approximate surface area is 47.0 Å². The van der Waals surface area contributed by atoms with Crippen LogP contribution in [0.5, 0.6) is 0 Å². The predicted octanol–water partition coefficient (Wildman–Crippen LogP) is 1.03. The van der Waals surface area contributed by atoms with Gasteiger partial charge >= 0.3 is 5.97 Å². The Morgan fingerprint density at radius 1 is 2.00 bits per heavy atom. The molecule has 0 aliphatic rings. The van der Waals surface area contributed by atoms with E-state index in [2.05, 4.69) is 11.3 Å². The largest absolute Gasteiger partial charge is 0.433 e. The number of ether oxygens (including phenoxy) is 1. The van der Waals surface area contributed by atoms with E-state index in [1.807, 2.05) is 0 Å². The molecule has 46 valence electrons. The Morgan fingerprint density at radius 2 is 2.50 bits per heavy atom. The van der Waals surface area contributed by atoms with Crippen molar-refractivity contribution in [3.63, 3.8) is 0 Å². The zero-order valence-corrected chi connectivity index (χ0v) is 4.56. The van der Waals surface area contributed by atoms with E-state index in [0.29, 0.717) is 0 Å². The van der Waals surface area contributed by atoms with E-state index in [0.717, 1.165) is 13.2 Å². The summed E-state index contributed by atoms with van der Waals surface area (Å²) in [6.07, 6.45) is -0.661. The summed E-state index contributed by atoms with van der Waals surface area (Å²) >= 11 is 0. The molecule has 0 heterocycles. The number of carbonyl (C=O) groups is 1. The molecule has 8 heavy (non-hydrogen) atoms. The van der Waals surface area contributed by atoms with Gasteiger partial charge in [-0.15, -0.1) is 0 Å². The average Bonchev–Trinajstić information content (AvgIpc) is 1.67. The lowest BCUT2D eigenvalue weighted by Gasteiger charge is -1.95. The Balaban J connectivity index is 3.48. The first kappa shape index (κ1) is 7.14. The molecule has 1 unspecified atom stereocenters. The molecule has 0 spiro atoms. The molecule has 0 fully saturated rings. The lowest BCUT2D eigenvalue weighted by Crippen LogP contribution is -2.11. The van der Waals surface area contributed by atoms with Crippen LogP contribution in [0.25, 0.3) is 0 Å². The van der Waals surface area contributed by atoms with Gasteiger partial charge in [-0.2, -0.15) is 0 Å². The first-order valence-electron chi connectivity index (χ1n) is 2.14. The first-order chi connectivity index (χ1) is 3.68. The highest BCUT2D eigenvalue weighted by atomic mass is 19.1. The highest BCUT2D eigenvalue weighted by Gasteiger charge is 2.09. The third kappa shape index (κ3) is 2.34. The monoisotopic (exact) mass is 118 g/mol. The summed E-state index contributed by atoms with van der Waals surface area (Å²) in [7, 11) is 0. The number of rotatable bonds is 2. The van der Waals surface area contributed by atoms with Crippen LogP contribution < -0.4 is 0 Å². The van der Waals surface area contributed by atoms with Crippen molar-refractivity contribution in [3.8, 4) is 0 Å². The van der Waals surface area contributed by atoms with E-state index in [4.69, 9.17) is 0 Å². The van der Waals surface area contributed by atoms with E-state index >= 15 is 0 Å². The van der Waals surface area contributed by atoms with Gasteiger partial charge in [0.15, 0.2) is 6.17 Å². The quantitative estimate of drug-likeness (QED) is 0.400. The van der Waals surface area contributed by atoms with Crippen LogP contribution in [-0.2, 0) is 9.53 Å². The van der Waals surface area contributed by atoms with E-state index in [1.54, 1.807) is 0 Å². The molecule has 0 saturated carbocycles. The Hall–Kier alpha value is -0.860. The molecule has 3 heteroatoms. The van der Waals surface area contributed by atoms with Gasteiger partial charge < -0.3 is 4.74 Å². The molecule has 0 saturated heterocycles. The second-order valence-electron chi connectivity index (χ2n) is 1.22. The number of hydrogen-bond donors (Lipinski definition) is 0. The van der Waals surface area contributed by atoms with Crippen molar-refractivity contribution in [2.75, 3.05) is 0 Å². The van der Waals surface area contributed by atoms with Gasteiger partial charge in [-0.05, 0) is 6.92 Å². The highest BCUT2D eigenvalue weighted by molar-refractivity contribution is 5.74. The van der Waals surface area contributed by atoms with Crippen molar-refractivity contribution in [3.05, 3.63) is 12.8 Å². The van der Waals surface area contributed by atoms with Crippen molar-refractivity contribution in [2.45, 2.75) is 13.1 Å². The lowest BCUT2D eigenvalue weighted by atomic mass is 10.5. The Kier molecular flexibility index (Phi) is 2.84. The van der Waals surface area contributed by atoms with Gasteiger partial charge in [0.05, 0.1) is 6.26 Å². The standard InChI is InChI=1S/C5H7FO2/c1-3-8-5(7)4(2)6/h3-4H,1H2,2H3. The fourth-order valence-electron chi connectivity index (χ4n) is 0.176. The summed E-state index contributed by atoms with van der Waals surface area (Å²) in [4.78, 5) is 10.1. The van der Waals surface area contributed by atoms with Crippen molar-refractivity contribution in [1.29, 1.82) is 0 Å². The fraction of sp³-hybridized carbons (Fsp3) is 0.400. The molecule has 0 aromatic carbocycles. The van der Waals surface area contributed by atoms with Crippen molar-refractivity contribution >= 4 is 5.97 Å². The first-order valence-corrected chi connectivity index (χ1v) is 2.14. The second-order valence-corrected chi connectivity index (χ2v) is 1.22. The molecular formula is C5H7FO2. The van der Waals surface area contributed by atoms with Crippen LogP contribution in [0.4, 0.5) is 4.39 Å². The third-order valence-corrected chi connectivity index (χ3v) is 0.524. The lowest BCUT2D eigenvalue weighted by molar-refractivity contribution is -0.143. The molecule has 0 aliphatic carbocycles. The number of carbonyl (C=O) groups excluding carboxylic acids is 1. The van der Waals surface area contributed by atoms with E-state index < -0.39 is 12.1 Å². The van der Waals surface area contributed by atoms with Crippen LogP contribution in [0.3, 0.4) is 0 Å². The molecule has 0 bridgehead atoms. The maximum atomic E-state index is 11.8. The molecule has 0 amide bonds. The minimum Gasteiger partial charge on any atom is -0.433 e. The molecule has 2 nitrogen and oxygen atoms in total. The van der Waals surface area contributed by atoms with Gasteiger partial charge in [0, 0.05) is 0 Å². The molecule has 0 aromatic rings. The smallest absolute Gasteiger partial charge is 0.345 e. The van der Waals surface area contributed by atoms with Crippen LogP contribution in [0, 0.1) is 0 Å². The minimum absolute atomic E-state index is 0.901. The molecule has 1 atom stereocenters. The minimum atomic E-state index is -1.56. The van der Waals surface area contributed by atoms with E-state index in [1.165, 1.54) is 0 Å². The Bertz CT molecular complexity index is 98.6. The van der Waals surface area contributed by atoms with E-state index in [-0.39, 0.29) is 0 Å². The Morgan fingerprint density at radius 3 is 2.62 bits per heavy atom. The molecule has 0 N–H and O–H groups in total. The van der Waals surface area contributed by atoms with Gasteiger partial charge in [-0.25, -0.2) is 9.18 Å². The summed E-state index contributed by atoms with van der Waals surface area (Å²) in [5.74, 6) is -0.903. The fourth-order valence-corrected chi connectivity index (χ4v) is 0.176.